The Morgan fingerprint density at radius 1 is 1.15 bits per heavy atom. The highest BCUT2D eigenvalue weighted by atomic mass is 35.5. The number of nitrogens with one attached hydrogen (secondary N) is 2. The number of guanidine groups is 1. The zero-order valence-electron chi connectivity index (χ0n) is 16.1. The predicted molar refractivity (Wildman–Crippen MR) is 112 cm³/mol. The van der Waals surface area contributed by atoms with E-state index in [0.29, 0.717) is 22.6 Å². The highest BCUT2D eigenvalue weighted by molar-refractivity contribution is 6.35. The first-order valence-electron chi connectivity index (χ1n) is 9.46. The van der Waals surface area contributed by atoms with E-state index in [1.165, 1.54) is 0 Å². The van der Waals surface area contributed by atoms with Crippen molar-refractivity contribution in [2.24, 2.45) is 4.99 Å². The number of nitrogens with zero attached hydrogens (tertiary/aromatic N) is 3. The molecule has 0 saturated carbocycles. The van der Waals surface area contributed by atoms with Gasteiger partial charge in [-0.2, -0.15) is 0 Å². The molecule has 1 heterocycles. The number of piperazine rings is 1. The Balaban J connectivity index is 1.86. The lowest BCUT2D eigenvalue weighted by Crippen LogP contribution is -2.53. The van der Waals surface area contributed by atoms with Gasteiger partial charge in [0.15, 0.2) is 5.96 Å². The highest BCUT2D eigenvalue weighted by Crippen LogP contribution is 2.21. The standard InChI is InChI=1S/C19H31Cl2N5/c1-4-22-19(24-14-16-6-7-17(20)12-18(16)21)23-13-15(3)26-10-8-25(5-2)9-11-26/h6-7,12,15H,4-5,8-11,13-14H2,1-3H3,(H2,22,23,24). The van der Waals surface area contributed by atoms with E-state index in [1.807, 2.05) is 12.1 Å². The van der Waals surface area contributed by atoms with Crippen molar-refractivity contribution in [2.75, 3.05) is 45.8 Å². The van der Waals surface area contributed by atoms with Crippen molar-refractivity contribution in [1.82, 2.24) is 20.4 Å². The van der Waals surface area contributed by atoms with Crippen LogP contribution in [0.4, 0.5) is 0 Å². The second-order valence-electron chi connectivity index (χ2n) is 6.63. The molecule has 26 heavy (non-hydrogen) atoms. The van der Waals surface area contributed by atoms with Gasteiger partial charge in [-0.05, 0) is 38.1 Å². The number of likely N-dealkylation sites (N-methyl/N-ethyl adjacent to an activating group) is 1. The number of halogens is 2. The summed E-state index contributed by atoms with van der Waals surface area (Å²) in [6, 6.07) is 5.99. The second-order valence-corrected chi connectivity index (χ2v) is 7.47. The molecule has 0 amide bonds. The van der Waals surface area contributed by atoms with E-state index in [1.54, 1.807) is 6.07 Å². The second kappa shape index (κ2) is 11.0. The summed E-state index contributed by atoms with van der Waals surface area (Å²) < 4.78 is 0. The minimum Gasteiger partial charge on any atom is -0.357 e. The Labute approximate surface area is 167 Å². The van der Waals surface area contributed by atoms with Crippen molar-refractivity contribution in [2.45, 2.75) is 33.4 Å². The summed E-state index contributed by atoms with van der Waals surface area (Å²) in [5.74, 6) is 0.817. The Bertz CT molecular complexity index is 585. The van der Waals surface area contributed by atoms with Crippen LogP contribution in [0.3, 0.4) is 0 Å². The normalized spacial score (nSPS) is 18.0. The lowest BCUT2D eigenvalue weighted by Gasteiger charge is -2.37. The SMILES string of the molecule is CCNC(=NCc1ccc(Cl)cc1Cl)NCC(C)N1CCN(CC)CC1. The number of hydrogen-bond acceptors (Lipinski definition) is 3. The third-order valence-corrected chi connectivity index (χ3v) is 5.40. The van der Waals surface area contributed by atoms with Crippen LogP contribution < -0.4 is 10.6 Å². The van der Waals surface area contributed by atoms with Gasteiger partial charge in [0.2, 0.25) is 0 Å². The molecule has 146 valence electrons. The zero-order valence-corrected chi connectivity index (χ0v) is 17.6. The average molecular weight is 400 g/mol. The Hall–Kier alpha value is -1.01. The van der Waals surface area contributed by atoms with Crippen molar-refractivity contribution < 1.29 is 0 Å². The van der Waals surface area contributed by atoms with Gasteiger partial charge in [-0.1, -0.05) is 36.2 Å². The van der Waals surface area contributed by atoms with Gasteiger partial charge in [0, 0.05) is 55.4 Å². The molecule has 2 N–H and O–H groups in total. The fourth-order valence-corrected chi connectivity index (χ4v) is 3.52. The van der Waals surface area contributed by atoms with Gasteiger partial charge in [-0.3, -0.25) is 4.90 Å². The number of benzene rings is 1. The molecule has 1 aromatic rings. The van der Waals surface area contributed by atoms with E-state index < -0.39 is 0 Å². The molecule has 1 unspecified atom stereocenters. The van der Waals surface area contributed by atoms with Gasteiger partial charge in [0.1, 0.15) is 0 Å². The van der Waals surface area contributed by atoms with Crippen LogP contribution in [0.25, 0.3) is 0 Å². The maximum atomic E-state index is 6.24. The first-order chi connectivity index (χ1) is 12.5. The van der Waals surface area contributed by atoms with Crippen molar-refractivity contribution in [3.8, 4) is 0 Å². The van der Waals surface area contributed by atoms with E-state index in [9.17, 15) is 0 Å². The molecule has 1 fully saturated rings. The fourth-order valence-electron chi connectivity index (χ4n) is 3.05. The summed E-state index contributed by atoms with van der Waals surface area (Å²) >= 11 is 12.2. The van der Waals surface area contributed by atoms with Crippen LogP contribution in [-0.2, 0) is 6.54 Å². The maximum Gasteiger partial charge on any atom is 0.191 e. The summed E-state index contributed by atoms with van der Waals surface area (Å²) in [6.45, 7) is 14.5. The number of aliphatic imine (C=N–C) groups is 1. The van der Waals surface area contributed by atoms with Gasteiger partial charge in [-0.25, -0.2) is 4.99 Å². The van der Waals surface area contributed by atoms with E-state index in [2.05, 4.69) is 46.2 Å². The van der Waals surface area contributed by atoms with E-state index in [0.717, 1.165) is 57.3 Å². The van der Waals surface area contributed by atoms with Crippen LogP contribution >= 0.6 is 23.2 Å². The monoisotopic (exact) mass is 399 g/mol. The van der Waals surface area contributed by atoms with Crippen LogP contribution in [-0.4, -0.2) is 67.6 Å². The van der Waals surface area contributed by atoms with E-state index in [4.69, 9.17) is 23.2 Å². The maximum absolute atomic E-state index is 6.24. The Morgan fingerprint density at radius 3 is 2.50 bits per heavy atom. The molecule has 5 nitrogen and oxygen atoms in total. The largest absolute Gasteiger partial charge is 0.357 e. The van der Waals surface area contributed by atoms with Crippen molar-refractivity contribution in [3.05, 3.63) is 33.8 Å². The lowest BCUT2D eigenvalue weighted by atomic mass is 10.2. The summed E-state index contributed by atoms with van der Waals surface area (Å²) in [5, 5.41) is 8.06. The molecule has 1 aliphatic heterocycles. The zero-order chi connectivity index (χ0) is 18.9. The molecule has 1 atom stereocenters. The molecular formula is C19H31Cl2N5. The molecule has 0 radical (unpaired) electrons. The van der Waals surface area contributed by atoms with Gasteiger partial charge < -0.3 is 15.5 Å². The summed E-state index contributed by atoms with van der Waals surface area (Å²) in [6.07, 6.45) is 0. The van der Waals surface area contributed by atoms with E-state index in [-0.39, 0.29) is 0 Å². The molecule has 0 aliphatic carbocycles. The third kappa shape index (κ3) is 6.62. The van der Waals surface area contributed by atoms with Gasteiger partial charge in [0.05, 0.1) is 6.54 Å². The van der Waals surface area contributed by atoms with Crippen LogP contribution in [0.1, 0.15) is 26.3 Å². The van der Waals surface area contributed by atoms with Gasteiger partial charge >= 0.3 is 0 Å². The molecule has 1 saturated heterocycles. The molecule has 0 aromatic heterocycles. The smallest absolute Gasteiger partial charge is 0.191 e. The quantitative estimate of drug-likeness (QED) is 0.546. The molecule has 7 heteroatoms. The van der Waals surface area contributed by atoms with E-state index >= 15 is 0 Å². The number of hydrogen-bond donors (Lipinski definition) is 2. The van der Waals surface area contributed by atoms with Gasteiger partial charge in [-0.15, -0.1) is 0 Å². The minimum absolute atomic E-state index is 0.469. The first-order valence-corrected chi connectivity index (χ1v) is 10.2. The van der Waals surface area contributed by atoms with Crippen LogP contribution in [0.5, 0.6) is 0 Å². The molecule has 0 spiro atoms. The molecule has 0 bridgehead atoms. The van der Waals surface area contributed by atoms with Crippen LogP contribution in [0.2, 0.25) is 10.0 Å². The Kier molecular flexibility index (Phi) is 8.99. The lowest BCUT2D eigenvalue weighted by molar-refractivity contribution is 0.107. The Morgan fingerprint density at radius 2 is 1.88 bits per heavy atom. The first kappa shape index (κ1) is 21.3. The molecular weight excluding hydrogens is 369 g/mol. The highest BCUT2D eigenvalue weighted by Gasteiger charge is 2.20. The van der Waals surface area contributed by atoms with Gasteiger partial charge in [0.25, 0.3) is 0 Å². The predicted octanol–water partition coefficient (Wildman–Crippen LogP) is 3.07. The molecule has 2 rings (SSSR count). The third-order valence-electron chi connectivity index (χ3n) is 4.81. The summed E-state index contributed by atoms with van der Waals surface area (Å²) in [5.41, 5.74) is 0.969. The minimum atomic E-state index is 0.469. The van der Waals surface area contributed by atoms with Crippen molar-refractivity contribution in [3.63, 3.8) is 0 Å². The summed E-state index contributed by atoms with van der Waals surface area (Å²) in [4.78, 5) is 9.70. The molecule has 1 aromatic carbocycles. The summed E-state index contributed by atoms with van der Waals surface area (Å²) in [7, 11) is 0. The van der Waals surface area contributed by atoms with Crippen molar-refractivity contribution >= 4 is 29.2 Å². The van der Waals surface area contributed by atoms with Crippen LogP contribution in [0, 0.1) is 0 Å². The average Bonchev–Trinajstić information content (AvgIpc) is 2.65. The van der Waals surface area contributed by atoms with Crippen LogP contribution in [0.15, 0.2) is 23.2 Å². The topological polar surface area (TPSA) is 42.9 Å². The van der Waals surface area contributed by atoms with Crippen molar-refractivity contribution in [1.29, 1.82) is 0 Å². The fraction of sp³-hybridized carbons (Fsp3) is 0.632. The number of rotatable bonds is 7. The molecule has 1 aliphatic rings.